The normalized spacial score (nSPS) is 12.5. The van der Waals surface area contributed by atoms with E-state index in [1.165, 1.54) is 0 Å². The first-order chi connectivity index (χ1) is 4.71. The van der Waals surface area contributed by atoms with Gasteiger partial charge in [-0.25, -0.2) is 0 Å². The Morgan fingerprint density at radius 2 is 0.917 bits per heavy atom. The molecule has 0 aromatic rings. The molecule has 83 valence electrons. The van der Waals surface area contributed by atoms with E-state index in [4.69, 9.17) is 28.8 Å². The van der Waals surface area contributed by atoms with Crippen LogP contribution in [-0.4, -0.2) is 46.9 Å². The van der Waals surface area contributed by atoms with Gasteiger partial charge in [-0.3, -0.25) is 0 Å². The third kappa shape index (κ3) is 13.9. The Labute approximate surface area is 97.4 Å². The van der Waals surface area contributed by atoms with E-state index in [1.54, 1.807) is 0 Å². The molecule has 0 spiro atoms. The molecule has 9 nitrogen and oxygen atoms in total. The second-order valence-corrected chi connectivity index (χ2v) is 4.01. The van der Waals surface area contributed by atoms with Gasteiger partial charge in [0.1, 0.15) is 0 Å². The van der Waals surface area contributed by atoms with Crippen molar-refractivity contribution in [2.24, 2.45) is 0 Å². The van der Waals surface area contributed by atoms with Gasteiger partial charge < -0.3 is 28.8 Å². The molecule has 0 unspecified atom stereocenters. The van der Waals surface area contributed by atoms with Crippen molar-refractivity contribution in [1.82, 2.24) is 0 Å². The molecule has 0 amide bonds. The zero-order valence-electron chi connectivity index (χ0n) is 5.17. The molecule has 0 aromatic carbocycles. The Morgan fingerprint density at radius 1 is 0.667 bits per heavy atom. The zero-order chi connectivity index (χ0) is 9.12. The van der Waals surface area contributed by atoms with E-state index in [-0.39, 0.29) is 36.9 Å². The predicted molar refractivity (Wildman–Crippen MR) is 28.1 cm³/mol. The first-order valence-corrected chi connectivity index (χ1v) is 5.58. The van der Waals surface area contributed by atoms with E-state index in [9.17, 15) is 0 Å². The van der Waals surface area contributed by atoms with Crippen LogP contribution < -0.4 is 0 Å². The van der Waals surface area contributed by atoms with Gasteiger partial charge >= 0.3 is 18.1 Å². The zero-order valence-corrected chi connectivity index (χ0v) is 8.82. The van der Waals surface area contributed by atoms with E-state index in [1.807, 2.05) is 0 Å². The first kappa shape index (κ1) is 15.8. The summed E-state index contributed by atoms with van der Waals surface area (Å²) >= 11 is 0. The van der Waals surface area contributed by atoms with Gasteiger partial charge in [-0.1, -0.05) is 5.04 Å². The van der Waals surface area contributed by atoms with Gasteiger partial charge in [0.15, 0.2) is 0 Å². The summed E-state index contributed by atoms with van der Waals surface area (Å²) in [5, 5.41) is 3.19. The van der Waals surface area contributed by atoms with E-state index in [0.717, 1.165) is 0 Å². The fourth-order valence-electron chi connectivity index (χ4n) is 0.108. The fraction of sp³-hybridized carbons (Fsp3) is 0. The Bertz CT molecular complexity index is 96.7. The van der Waals surface area contributed by atoms with Crippen molar-refractivity contribution in [1.29, 1.82) is 0 Å². The number of hydrogen-bond acceptors (Lipinski definition) is 9. The molecule has 0 aliphatic rings. The van der Waals surface area contributed by atoms with E-state index >= 15 is 0 Å². The van der Waals surface area contributed by atoms with E-state index < -0.39 is 18.1 Å². The first-order valence-electron chi connectivity index (χ1n) is 2.08. The van der Waals surface area contributed by atoms with Crippen LogP contribution in [0.1, 0.15) is 0 Å². The molecule has 0 atom stereocenters. The quantitative estimate of drug-likeness (QED) is 0.162. The summed E-state index contributed by atoms with van der Waals surface area (Å²) in [5.41, 5.74) is 0. The van der Waals surface area contributed by atoms with Gasteiger partial charge in [0.2, 0.25) is 0 Å². The second kappa shape index (κ2) is 5.92. The van der Waals surface area contributed by atoms with Crippen molar-refractivity contribution in [2.45, 2.75) is 0 Å². The average Bonchev–Trinajstić information content (AvgIpc) is 1.55. The molecular weight excluding hydrogens is 375 g/mol. The second-order valence-electron chi connectivity index (χ2n) is 1.38. The maximum Gasteiger partial charge on any atom is 0.701 e. The minimum absolute atomic E-state index is 0. The molecule has 0 aliphatic heterocycles. The summed E-state index contributed by atoms with van der Waals surface area (Å²) in [6.45, 7) is 0. The fourth-order valence-corrected chi connectivity index (χ4v) is 0.427. The van der Waals surface area contributed by atoms with Gasteiger partial charge in [0.25, 0.3) is 0 Å². The van der Waals surface area contributed by atoms with Crippen LogP contribution in [0.5, 0.6) is 0 Å². The molecule has 0 saturated carbocycles. The molecule has 12 heteroatoms. The monoisotopic (exact) mass is 381 g/mol. The van der Waals surface area contributed by atoms with Gasteiger partial charge in [-0.05, 0) is 0 Å². The molecule has 12 heavy (non-hydrogen) atoms. The minimum Gasteiger partial charge on any atom is -0.366 e. The van der Waals surface area contributed by atoms with Crippen LogP contribution in [0.15, 0.2) is 0 Å². The maximum absolute atomic E-state index is 8.01. The summed E-state index contributed by atoms with van der Waals surface area (Å²) in [7, 11) is -9.83. The largest absolute Gasteiger partial charge is 0.701 e. The number of hydrogen-bond donors (Lipinski definition) is 6. The molecular formula is H6LuO9Si2. The van der Waals surface area contributed by atoms with Crippen LogP contribution >= 0.6 is 0 Å². The molecule has 0 fully saturated rings. The van der Waals surface area contributed by atoms with Crippen molar-refractivity contribution in [3.8, 4) is 0 Å². The summed E-state index contributed by atoms with van der Waals surface area (Å²) in [6, 6.07) is 0. The number of rotatable bonds is 4. The molecule has 0 saturated heterocycles. The van der Waals surface area contributed by atoms with Crippen LogP contribution in [0.4, 0.5) is 0 Å². The third-order valence-electron chi connectivity index (χ3n) is 0.292. The van der Waals surface area contributed by atoms with Crippen molar-refractivity contribution in [3.63, 3.8) is 0 Å². The Morgan fingerprint density at radius 3 is 1.08 bits per heavy atom. The van der Waals surface area contributed by atoms with Crippen LogP contribution in [0.3, 0.4) is 0 Å². The van der Waals surface area contributed by atoms with Crippen LogP contribution in [0, 0.1) is 36.9 Å². The smallest absolute Gasteiger partial charge is 0.366 e. The van der Waals surface area contributed by atoms with Crippen molar-refractivity contribution in [2.75, 3.05) is 0 Å². The summed E-state index contributed by atoms with van der Waals surface area (Å²) < 4.78 is 6.49. The Kier molecular flexibility index (Phi) is 7.77. The predicted octanol–water partition coefficient (Wildman–Crippen LogP) is -4.31. The van der Waals surface area contributed by atoms with Crippen LogP contribution in [0.25, 0.3) is 0 Å². The average molecular weight is 381 g/mol. The van der Waals surface area contributed by atoms with Crippen LogP contribution in [-0.2, 0) is 14.2 Å². The molecule has 0 bridgehead atoms. The van der Waals surface area contributed by atoms with Crippen LogP contribution in [0.2, 0.25) is 0 Å². The van der Waals surface area contributed by atoms with Gasteiger partial charge in [0, 0.05) is 36.9 Å². The van der Waals surface area contributed by atoms with Gasteiger partial charge in [-0.2, -0.15) is 9.15 Å². The Hall–Kier alpha value is 1.31. The van der Waals surface area contributed by atoms with Gasteiger partial charge in [0.05, 0.1) is 0 Å². The van der Waals surface area contributed by atoms with Crippen molar-refractivity contribution < 1.29 is 79.8 Å². The van der Waals surface area contributed by atoms with Gasteiger partial charge in [-0.15, -0.1) is 0 Å². The molecule has 0 aliphatic carbocycles. The maximum atomic E-state index is 8.01. The summed E-state index contributed by atoms with van der Waals surface area (Å²) in [5.74, 6) is 0. The topological polar surface area (TPSA) is 149 Å². The standard InChI is InChI=1S/Lu.H6O9Si2/c;1-10(2,3)8-7-9-11(4,5)6/h;1-6H. The molecule has 0 heterocycles. The minimum atomic E-state index is -4.92. The molecule has 0 aromatic heterocycles. The SMILES string of the molecule is O[Si](O)(O)OOO[Si](O)(O)O.[Lu]. The molecule has 1 radical (unpaired) electrons. The summed E-state index contributed by atoms with van der Waals surface area (Å²) in [6.07, 6.45) is 0. The third-order valence-corrected chi connectivity index (χ3v) is 0.875. The van der Waals surface area contributed by atoms with Crippen molar-refractivity contribution in [3.05, 3.63) is 0 Å². The summed E-state index contributed by atoms with van der Waals surface area (Å²) in [4.78, 5) is 48.0. The van der Waals surface area contributed by atoms with E-state index in [2.05, 4.69) is 14.2 Å². The van der Waals surface area contributed by atoms with Crippen molar-refractivity contribution >= 4 is 18.1 Å². The Balaban J connectivity index is 0. The molecule has 0 rings (SSSR count). The van der Waals surface area contributed by atoms with E-state index in [0.29, 0.717) is 0 Å². The molecule has 6 N–H and O–H groups in total.